The third kappa shape index (κ3) is 3.93. The van der Waals surface area contributed by atoms with E-state index in [-0.39, 0.29) is 0 Å². The Kier molecular flexibility index (Phi) is 5.33. The number of hydrogen-bond acceptors (Lipinski definition) is 5. The van der Waals surface area contributed by atoms with Crippen LogP contribution in [0.4, 0.5) is 5.95 Å². The molecule has 0 unspecified atom stereocenters. The van der Waals surface area contributed by atoms with Gasteiger partial charge in [-0.2, -0.15) is 0 Å². The number of fused-ring (bicyclic) bond motifs is 2. The topological polar surface area (TPSA) is 32.3 Å². The van der Waals surface area contributed by atoms with Gasteiger partial charge in [-0.3, -0.25) is 4.90 Å². The standard InChI is InChI=1S/C24H24N4S/c1-2-7-20-19(6-1)18-29-23-9-4-3-8-22(23)21(20)10-13-27-14-16-28(17-15-27)24-25-11-5-12-26-24/h1-12H,13-18H2/b21-10+. The van der Waals surface area contributed by atoms with Crippen LogP contribution in [-0.4, -0.2) is 47.6 Å². The molecule has 5 heteroatoms. The zero-order chi connectivity index (χ0) is 19.5. The molecule has 0 N–H and O–H groups in total. The molecule has 0 aliphatic carbocycles. The number of benzene rings is 2. The predicted molar refractivity (Wildman–Crippen MR) is 120 cm³/mol. The van der Waals surface area contributed by atoms with E-state index in [2.05, 4.69) is 74.4 Å². The molecule has 2 aliphatic rings. The molecule has 0 spiro atoms. The van der Waals surface area contributed by atoms with Crippen LogP contribution in [0.5, 0.6) is 0 Å². The SMILES string of the molecule is C(/CN1CCN(c2ncccn2)CC1)=C1/c2ccccc2CSc2ccccc21. The Labute approximate surface area is 176 Å². The molecular formula is C24H24N4S. The maximum Gasteiger partial charge on any atom is 0.225 e. The van der Waals surface area contributed by atoms with Crippen LogP contribution < -0.4 is 4.90 Å². The van der Waals surface area contributed by atoms with E-state index < -0.39 is 0 Å². The normalized spacial score (nSPS) is 18.2. The van der Waals surface area contributed by atoms with E-state index in [1.807, 2.05) is 30.2 Å². The van der Waals surface area contributed by atoms with Gasteiger partial charge in [-0.25, -0.2) is 9.97 Å². The Hall–Kier alpha value is -2.63. The second-order valence-corrected chi connectivity index (χ2v) is 8.41. The molecule has 1 fully saturated rings. The number of nitrogens with zero attached hydrogens (tertiary/aromatic N) is 4. The maximum absolute atomic E-state index is 4.39. The lowest BCUT2D eigenvalue weighted by Gasteiger charge is -2.34. The van der Waals surface area contributed by atoms with E-state index in [1.54, 1.807) is 0 Å². The zero-order valence-electron chi connectivity index (χ0n) is 16.4. The minimum absolute atomic E-state index is 0.842. The van der Waals surface area contributed by atoms with E-state index in [0.29, 0.717) is 0 Å². The van der Waals surface area contributed by atoms with Crippen LogP contribution >= 0.6 is 11.8 Å². The highest BCUT2D eigenvalue weighted by Crippen LogP contribution is 2.39. The van der Waals surface area contributed by atoms with Gasteiger partial charge in [0.25, 0.3) is 0 Å². The summed E-state index contributed by atoms with van der Waals surface area (Å²) in [4.78, 5) is 15.0. The first-order chi connectivity index (χ1) is 14.4. The van der Waals surface area contributed by atoms with E-state index in [1.165, 1.54) is 27.2 Å². The van der Waals surface area contributed by atoms with Gasteiger partial charge >= 0.3 is 0 Å². The lowest BCUT2D eigenvalue weighted by atomic mass is 9.94. The van der Waals surface area contributed by atoms with Gasteiger partial charge in [0.2, 0.25) is 5.95 Å². The second kappa shape index (κ2) is 8.39. The van der Waals surface area contributed by atoms with Gasteiger partial charge in [-0.05, 0) is 34.4 Å². The van der Waals surface area contributed by atoms with Gasteiger partial charge in [0.1, 0.15) is 0 Å². The summed E-state index contributed by atoms with van der Waals surface area (Å²) in [6, 6.07) is 19.5. The van der Waals surface area contributed by atoms with Crippen LogP contribution in [0.25, 0.3) is 5.57 Å². The average molecular weight is 401 g/mol. The van der Waals surface area contributed by atoms with Crippen molar-refractivity contribution in [2.45, 2.75) is 10.6 Å². The molecule has 3 aromatic rings. The van der Waals surface area contributed by atoms with Crippen molar-refractivity contribution in [1.29, 1.82) is 0 Å². The largest absolute Gasteiger partial charge is 0.338 e. The Morgan fingerprint density at radius 3 is 2.38 bits per heavy atom. The number of anilines is 1. The Balaban J connectivity index is 1.36. The summed E-state index contributed by atoms with van der Waals surface area (Å²) in [5, 5.41) is 0. The van der Waals surface area contributed by atoms with Crippen LogP contribution in [0.2, 0.25) is 0 Å². The third-order valence-electron chi connectivity index (χ3n) is 5.63. The van der Waals surface area contributed by atoms with Crippen molar-refractivity contribution in [3.8, 4) is 0 Å². The predicted octanol–water partition coefficient (Wildman–Crippen LogP) is 4.34. The fourth-order valence-electron chi connectivity index (χ4n) is 4.05. The van der Waals surface area contributed by atoms with Crippen molar-refractivity contribution in [3.05, 3.63) is 89.8 Å². The van der Waals surface area contributed by atoms with Gasteiger partial charge in [-0.15, -0.1) is 11.8 Å². The van der Waals surface area contributed by atoms with E-state index >= 15 is 0 Å². The van der Waals surface area contributed by atoms with E-state index in [0.717, 1.165) is 44.4 Å². The molecule has 1 aromatic heterocycles. The molecule has 0 saturated carbocycles. The molecule has 5 rings (SSSR count). The Morgan fingerprint density at radius 2 is 1.55 bits per heavy atom. The molecule has 0 amide bonds. The number of hydrogen-bond donors (Lipinski definition) is 0. The average Bonchev–Trinajstić information content (AvgIpc) is 2.96. The molecule has 0 atom stereocenters. The molecule has 0 radical (unpaired) electrons. The summed E-state index contributed by atoms with van der Waals surface area (Å²) in [6.07, 6.45) is 6.06. The third-order valence-corrected chi connectivity index (χ3v) is 6.75. The summed E-state index contributed by atoms with van der Waals surface area (Å²) in [6.45, 7) is 4.96. The summed E-state index contributed by atoms with van der Waals surface area (Å²) in [5.74, 6) is 1.87. The van der Waals surface area contributed by atoms with Crippen LogP contribution in [0.15, 0.2) is 78.0 Å². The first-order valence-electron chi connectivity index (χ1n) is 10.1. The van der Waals surface area contributed by atoms with Gasteiger partial charge in [-0.1, -0.05) is 48.5 Å². The summed E-state index contributed by atoms with van der Waals surface area (Å²) in [7, 11) is 0. The summed E-state index contributed by atoms with van der Waals surface area (Å²) < 4.78 is 0. The van der Waals surface area contributed by atoms with Crippen molar-refractivity contribution >= 4 is 23.3 Å². The van der Waals surface area contributed by atoms with Crippen molar-refractivity contribution < 1.29 is 0 Å². The lowest BCUT2D eigenvalue weighted by Crippen LogP contribution is -2.47. The van der Waals surface area contributed by atoms with Crippen molar-refractivity contribution in [2.24, 2.45) is 0 Å². The quantitative estimate of drug-likeness (QED) is 0.653. The number of rotatable bonds is 3. The minimum Gasteiger partial charge on any atom is -0.338 e. The molecular weight excluding hydrogens is 376 g/mol. The highest BCUT2D eigenvalue weighted by atomic mass is 32.2. The Bertz CT molecular complexity index is 961. The second-order valence-electron chi connectivity index (χ2n) is 7.40. The van der Waals surface area contributed by atoms with Crippen LogP contribution in [-0.2, 0) is 5.75 Å². The van der Waals surface area contributed by atoms with E-state index in [9.17, 15) is 0 Å². The lowest BCUT2D eigenvalue weighted by molar-refractivity contribution is 0.283. The smallest absolute Gasteiger partial charge is 0.225 e. The van der Waals surface area contributed by atoms with Crippen LogP contribution in [0.1, 0.15) is 16.7 Å². The van der Waals surface area contributed by atoms with E-state index in [4.69, 9.17) is 0 Å². The van der Waals surface area contributed by atoms with Crippen molar-refractivity contribution in [2.75, 3.05) is 37.6 Å². The van der Waals surface area contributed by atoms with Gasteiger partial charge < -0.3 is 4.90 Å². The zero-order valence-corrected chi connectivity index (χ0v) is 17.2. The molecule has 2 aliphatic heterocycles. The van der Waals surface area contributed by atoms with Gasteiger partial charge in [0.15, 0.2) is 0 Å². The first-order valence-corrected chi connectivity index (χ1v) is 11.1. The first kappa shape index (κ1) is 18.4. The van der Waals surface area contributed by atoms with Crippen LogP contribution in [0, 0.1) is 0 Å². The molecule has 0 bridgehead atoms. The maximum atomic E-state index is 4.39. The fraction of sp³-hybridized carbons (Fsp3) is 0.250. The summed E-state index contributed by atoms with van der Waals surface area (Å²) in [5.41, 5.74) is 5.53. The van der Waals surface area contributed by atoms with Crippen molar-refractivity contribution in [3.63, 3.8) is 0 Å². The molecule has 2 aromatic carbocycles. The number of piperazine rings is 1. The number of thioether (sulfide) groups is 1. The van der Waals surface area contributed by atoms with Gasteiger partial charge in [0, 0.05) is 55.8 Å². The molecule has 146 valence electrons. The molecule has 4 nitrogen and oxygen atoms in total. The number of aromatic nitrogens is 2. The molecule has 1 saturated heterocycles. The monoisotopic (exact) mass is 400 g/mol. The minimum atomic E-state index is 0.842. The van der Waals surface area contributed by atoms with Crippen LogP contribution in [0.3, 0.4) is 0 Å². The summed E-state index contributed by atoms with van der Waals surface area (Å²) >= 11 is 1.94. The fourth-order valence-corrected chi connectivity index (χ4v) is 5.12. The molecule has 29 heavy (non-hydrogen) atoms. The highest BCUT2D eigenvalue weighted by molar-refractivity contribution is 7.98. The molecule has 3 heterocycles. The van der Waals surface area contributed by atoms with Crippen molar-refractivity contribution in [1.82, 2.24) is 14.9 Å². The highest BCUT2D eigenvalue weighted by Gasteiger charge is 2.20. The van der Waals surface area contributed by atoms with Gasteiger partial charge in [0.05, 0.1) is 0 Å². The Morgan fingerprint density at radius 1 is 0.828 bits per heavy atom.